The highest BCUT2D eigenvalue weighted by atomic mass is 79.9. The average molecular weight is 347 g/mol. The lowest BCUT2D eigenvalue weighted by Crippen LogP contribution is -2.35. The third kappa shape index (κ3) is 3.38. The van der Waals surface area contributed by atoms with Gasteiger partial charge in [0.25, 0.3) is 5.56 Å². The van der Waals surface area contributed by atoms with Crippen molar-refractivity contribution in [2.75, 3.05) is 39.2 Å². The molecule has 1 saturated heterocycles. The molecule has 0 amide bonds. The fraction of sp³-hybridized carbons (Fsp3) is 0.667. The fourth-order valence-corrected chi connectivity index (χ4v) is 2.57. The maximum absolute atomic E-state index is 12.1. The van der Waals surface area contributed by atoms with Gasteiger partial charge in [0, 0.05) is 27.3 Å². The van der Waals surface area contributed by atoms with Crippen molar-refractivity contribution in [3.8, 4) is 0 Å². The maximum atomic E-state index is 12.1. The zero-order chi connectivity index (χ0) is 14.5. The lowest BCUT2D eigenvalue weighted by molar-refractivity contribution is 0.111. The van der Waals surface area contributed by atoms with Crippen LogP contribution >= 0.6 is 15.9 Å². The minimum atomic E-state index is -0.174. The molecule has 0 aliphatic carbocycles. The first-order valence-corrected chi connectivity index (χ1v) is 7.21. The number of hydrogen-bond donors (Lipinski definition) is 2. The van der Waals surface area contributed by atoms with Gasteiger partial charge in [-0.15, -0.1) is 0 Å². The Morgan fingerprint density at radius 3 is 3.05 bits per heavy atom. The van der Waals surface area contributed by atoms with Crippen LogP contribution in [0, 0.1) is 0 Å². The van der Waals surface area contributed by atoms with Gasteiger partial charge in [0.05, 0.1) is 37.2 Å². The summed E-state index contributed by atoms with van der Waals surface area (Å²) in [5, 5.41) is 10.7. The van der Waals surface area contributed by atoms with Gasteiger partial charge in [-0.05, 0) is 15.9 Å². The molecule has 0 saturated carbocycles. The highest BCUT2D eigenvalue weighted by Gasteiger charge is 2.27. The fourth-order valence-electron chi connectivity index (χ4n) is 2.15. The Balaban J connectivity index is 2.13. The van der Waals surface area contributed by atoms with E-state index in [0.717, 1.165) is 13.1 Å². The van der Waals surface area contributed by atoms with E-state index in [4.69, 9.17) is 9.47 Å². The molecule has 8 heteroatoms. The Morgan fingerprint density at radius 1 is 1.55 bits per heavy atom. The van der Waals surface area contributed by atoms with Crippen molar-refractivity contribution >= 4 is 21.6 Å². The standard InChI is InChI=1S/C12H19BrN4O3/c1-19-4-3-17-12(18)11(13)9(6-15-17)16-8-5-14-7-10(8)20-2/h6,8,10,14,16H,3-5,7H2,1-2H3/t8?,10-/m0/s1. The summed E-state index contributed by atoms with van der Waals surface area (Å²) >= 11 is 3.33. The first-order chi connectivity index (χ1) is 9.67. The number of aromatic nitrogens is 2. The molecule has 0 spiro atoms. The zero-order valence-corrected chi connectivity index (χ0v) is 13.1. The van der Waals surface area contributed by atoms with E-state index in [-0.39, 0.29) is 17.7 Å². The van der Waals surface area contributed by atoms with Crippen LogP contribution in [0.1, 0.15) is 0 Å². The van der Waals surface area contributed by atoms with Crippen molar-refractivity contribution in [3.63, 3.8) is 0 Å². The monoisotopic (exact) mass is 346 g/mol. The van der Waals surface area contributed by atoms with Gasteiger partial charge in [0.2, 0.25) is 0 Å². The zero-order valence-electron chi connectivity index (χ0n) is 11.6. The van der Waals surface area contributed by atoms with E-state index in [1.165, 1.54) is 4.68 Å². The highest BCUT2D eigenvalue weighted by Crippen LogP contribution is 2.19. The van der Waals surface area contributed by atoms with E-state index in [1.54, 1.807) is 20.4 Å². The van der Waals surface area contributed by atoms with Crippen molar-refractivity contribution < 1.29 is 9.47 Å². The molecule has 2 N–H and O–H groups in total. The van der Waals surface area contributed by atoms with Gasteiger partial charge in [-0.1, -0.05) is 0 Å². The predicted molar refractivity (Wildman–Crippen MR) is 79.2 cm³/mol. The van der Waals surface area contributed by atoms with E-state index in [0.29, 0.717) is 23.3 Å². The van der Waals surface area contributed by atoms with Crippen molar-refractivity contribution in [1.29, 1.82) is 0 Å². The van der Waals surface area contributed by atoms with Crippen LogP contribution in [0.4, 0.5) is 5.69 Å². The molecule has 2 heterocycles. The molecule has 20 heavy (non-hydrogen) atoms. The molecule has 0 radical (unpaired) electrons. The largest absolute Gasteiger partial charge is 0.383 e. The smallest absolute Gasteiger partial charge is 0.283 e. The second-order valence-electron chi connectivity index (χ2n) is 4.58. The summed E-state index contributed by atoms with van der Waals surface area (Å²) in [6.45, 7) is 2.46. The third-order valence-corrected chi connectivity index (χ3v) is 4.06. The molecule has 112 valence electrons. The van der Waals surface area contributed by atoms with E-state index in [1.807, 2.05) is 0 Å². The van der Waals surface area contributed by atoms with E-state index < -0.39 is 0 Å². The van der Waals surface area contributed by atoms with E-state index in [9.17, 15) is 4.79 Å². The van der Waals surface area contributed by atoms with Crippen LogP contribution < -0.4 is 16.2 Å². The number of nitrogens with one attached hydrogen (secondary N) is 2. The maximum Gasteiger partial charge on any atom is 0.283 e. The van der Waals surface area contributed by atoms with Gasteiger partial charge in [-0.25, -0.2) is 4.68 Å². The lowest BCUT2D eigenvalue weighted by atomic mass is 10.2. The molecule has 1 fully saturated rings. The summed E-state index contributed by atoms with van der Waals surface area (Å²) in [6.07, 6.45) is 1.73. The van der Waals surface area contributed by atoms with Gasteiger partial charge in [0.15, 0.2) is 0 Å². The van der Waals surface area contributed by atoms with E-state index >= 15 is 0 Å². The van der Waals surface area contributed by atoms with E-state index in [2.05, 4.69) is 31.7 Å². The van der Waals surface area contributed by atoms with Gasteiger partial charge >= 0.3 is 0 Å². The van der Waals surface area contributed by atoms with Gasteiger partial charge in [-0.3, -0.25) is 4.79 Å². The van der Waals surface area contributed by atoms with Crippen LogP contribution in [0.5, 0.6) is 0 Å². The Labute approximate surface area is 125 Å². The Morgan fingerprint density at radius 2 is 2.35 bits per heavy atom. The number of halogens is 1. The number of nitrogens with zero attached hydrogens (tertiary/aromatic N) is 2. The van der Waals surface area contributed by atoms with Crippen molar-refractivity contribution in [2.45, 2.75) is 18.7 Å². The van der Waals surface area contributed by atoms with Crippen LogP contribution in [-0.4, -0.2) is 55.8 Å². The van der Waals surface area contributed by atoms with Crippen molar-refractivity contribution in [3.05, 3.63) is 21.0 Å². The molecule has 1 unspecified atom stereocenters. The van der Waals surface area contributed by atoms with Crippen molar-refractivity contribution in [2.24, 2.45) is 0 Å². The topological polar surface area (TPSA) is 77.4 Å². The van der Waals surface area contributed by atoms with Crippen LogP contribution in [0.3, 0.4) is 0 Å². The first kappa shape index (κ1) is 15.4. The van der Waals surface area contributed by atoms with Crippen LogP contribution in [0.2, 0.25) is 0 Å². The molecule has 0 aromatic carbocycles. The minimum absolute atomic E-state index is 0.0813. The summed E-state index contributed by atoms with van der Waals surface area (Å²) in [5.74, 6) is 0. The Kier molecular flexibility index (Phi) is 5.53. The molecule has 1 aromatic heterocycles. The average Bonchev–Trinajstić information content (AvgIpc) is 2.90. The molecule has 2 atom stereocenters. The summed E-state index contributed by atoms with van der Waals surface area (Å²) < 4.78 is 12.2. The molecule has 7 nitrogen and oxygen atoms in total. The first-order valence-electron chi connectivity index (χ1n) is 6.42. The molecular weight excluding hydrogens is 328 g/mol. The number of anilines is 1. The second kappa shape index (κ2) is 7.16. The number of hydrogen-bond acceptors (Lipinski definition) is 6. The van der Waals surface area contributed by atoms with Gasteiger partial charge in [0.1, 0.15) is 4.47 Å². The summed E-state index contributed by atoms with van der Waals surface area (Å²) in [7, 11) is 3.27. The number of methoxy groups -OCH3 is 2. The lowest BCUT2D eigenvalue weighted by Gasteiger charge is -2.20. The molecule has 2 rings (SSSR count). The van der Waals surface area contributed by atoms with Crippen LogP contribution in [0.25, 0.3) is 0 Å². The third-order valence-electron chi connectivity index (χ3n) is 3.29. The highest BCUT2D eigenvalue weighted by molar-refractivity contribution is 9.10. The van der Waals surface area contributed by atoms with Gasteiger partial charge < -0.3 is 20.1 Å². The number of rotatable bonds is 6. The molecule has 1 aliphatic heterocycles. The van der Waals surface area contributed by atoms with Crippen LogP contribution in [0.15, 0.2) is 15.5 Å². The Hall–Kier alpha value is -0.960. The second-order valence-corrected chi connectivity index (χ2v) is 5.37. The molecule has 1 aromatic rings. The van der Waals surface area contributed by atoms with Gasteiger partial charge in [-0.2, -0.15) is 5.10 Å². The Bertz CT molecular complexity index is 508. The molecule has 1 aliphatic rings. The summed E-state index contributed by atoms with van der Waals surface area (Å²) in [6, 6.07) is 0.118. The predicted octanol–water partition coefficient (Wildman–Crippen LogP) is 0.0509. The molecular formula is C12H19BrN4O3. The SMILES string of the molecule is COCCn1ncc(NC2CNC[C@@H]2OC)c(Br)c1=O. The minimum Gasteiger partial charge on any atom is -0.383 e. The summed E-state index contributed by atoms with van der Waals surface area (Å²) in [5.41, 5.74) is 0.506. The van der Waals surface area contributed by atoms with Crippen molar-refractivity contribution in [1.82, 2.24) is 15.1 Å². The normalized spacial score (nSPS) is 22.1. The number of ether oxygens (including phenoxy) is 2. The van der Waals surface area contributed by atoms with Crippen LogP contribution in [-0.2, 0) is 16.0 Å². The quantitative estimate of drug-likeness (QED) is 0.757. The molecule has 0 bridgehead atoms. The summed E-state index contributed by atoms with van der Waals surface area (Å²) in [4.78, 5) is 12.1.